The maximum atomic E-state index is 2.49. The first-order valence-electron chi connectivity index (χ1n) is 11.6. The minimum atomic E-state index is 0.0619. The predicted octanol–water partition coefficient (Wildman–Crippen LogP) is 9.26. The molecule has 0 atom stereocenters. The van der Waals surface area contributed by atoms with Gasteiger partial charge in [0, 0.05) is 0 Å². The first-order valence-corrected chi connectivity index (χ1v) is 11.6. The number of rotatable bonds is 0. The molecule has 0 heterocycles. The Balaban J connectivity index is 1.99. The third-order valence-electron chi connectivity index (χ3n) is 6.72. The molecule has 0 N–H and O–H groups in total. The monoisotopic (exact) mass is 416 g/mol. The summed E-state index contributed by atoms with van der Waals surface area (Å²) in [5, 5.41) is 0. The lowest BCUT2D eigenvalue weighted by molar-refractivity contribution is 0.530. The Labute approximate surface area is 193 Å². The zero-order valence-electron chi connectivity index (χ0n) is 20.1. The molecule has 1 aliphatic rings. The summed E-state index contributed by atoms with van der Waals surface area (Å²) in [4.78, 5) is 0. The van der Waals surface area contributed by atoms with E-state index in [1.807, 2.05) is 0 Å². The summed E-state index contributed by atoms with van der Waals surface area (Å²) in [6, 6.07) is 31.6. The first kappa shape index (κ1) is 20.8. The quantitative estimate of drug-likeness (QED) is 0.236. The first-order chi connectivity index (χ1) is 15.2. The standard InChI is InChI=1S/C32H32/c1-31(2,3)29-19-27-25-17-11-9-15-23(25)21-13-7-8-14-22(21)24-16-10-12-18-26(24)28(27)20-30(29)32(4,5)6/h7-20H,1-6H3. The van der Waals surface area contributed by atoms with E-state index in [1.54, 1.807) is 0 Å². The van der Waals surface area contributed by atoms with E-state index in [0.717, 1.165) is 0 Å². The molecule has 32 heavy (non-hydrogen) atoms. The second-order valence-electron chi connectivity index (χ2n) is 11.1. The van der Waals surface area contributed by atoms with Crippen LogP contribution >= 0.6 is 0 Å². The van der Waals surface area contributed by atoms with Gasteiger partial charge in [-0.05, 0) is 78.6 Å². The van der Waals surface area contributed by atoms with Crippen LogP contribution in [0.15, 0.2) is 84.9 Å². The molecule has 0 radical (unpaired) electrons. The molecule has 0 saturated heterocycles. The molecule has 5 rings (SSSR count). The van der Waals surface area contributed by atoms with Crippen molar-refractivity contribution in [3.05, 3.63) is 96.1 Å². The number of fused-ring (bicyclic) bond motifs is 8. The number of hydrogen-bond acceptors (Lipinski definition) is 0. The van der Waals surface area contributed by atoms with Crippen molar-refractivity contribution in [3.63, 3.8) is 0 Å². The van der Waals surface area contributed by atoms with E-state index in [-0.39, 0.29) is 10.8 Å². The van der Waals surface area contributed by atoms with Crippen molar-refractivity contribution in [1.29, 1.82) is 0 Å². The van der Waals surface area contributed by atoms with Crippen LogP contribution in [0.1, 0.15) is 52.7 Å². The van der Waals surface area contributed by atoms with Crippen LogP contribution in [-0.4, -0.2) is 0 Å². The largest absolute Gasteiger partial charge is 0.0616 e. The van der Waals surface area contributed by atoms with Crippen LogP contribution in [0.5, 0.6) is 0 Å². The second-order valence-corrected chi connectivity index (χ2v) is 11.1. The molecule has 0 amide bonds. The summed E-state index contributed by atoms with van der Waals surface area (Å²) >= 11 is 0. The molecular formula is C32H32. The minimum absolute atomic E-state index is 0.0619. The summed E-state index contributed by atoms with van der Waals surface area (Å²) in [7, 11) is 0. The summed E-state index contributed by atoms with van der Waals surface area (Å²) in [6.07, 6.45) is 0. The smallest absolute Gasteiger partial charge is 0.00958 e. The van der Waals surface area contributed by atoms with Crippen LogP contribution in [0.25, 0.3) is 44.5 Å². The molecular weight excluding hydrogens is 384 g/mol. The van der Waals surface area contributed by atoms with Gasteiger partial charge >= 0.3 is 0 Å². The van der Waals surface area contributed by atoms with Gasteiger partial charge in [-0.25, -0.2) is 0 Å². The molecule has 0 aliphatic heterocycles. The van der Waals surface area contributed by atoms with E-state index in [4.69, 9.17) is 0 Å². The third kappa shape index (κ3) is 3.30. The van der Waals surface area contributed by atoms with E-state index < -0.39 is 0 Å². The molecule has 0 spiro atoms. The normalized spacial score (nSPS) is 12.7. The molecule has 0 aromatic heterocycles. The van der Waals surface area contributed by atoms with Crippen LogP contribution < -0.4 is 0 Å². The molecule has 1 aliphatic carbocycles. The molecule has 4 aromatic rings. The lowest BCUT2D eigenvalue weighted by atomic mass is 9.71. The number of hydrogen-bond donors (Lipinski definition) is 0. The fourth-order valence-electron chi connectivity index (χ4n) is 5.14. The van der Waals surface area contributed by atoms with E-state index >= 15 is 0 Å². The lowest BCUT2D eigenvalue weighted by Gasteiger charge is -2.33. The van der Waals surface area contributed by atoms with Gasteiger partial charge in [0.15, 0.2) is 0 Å². The van der Waals surface area contributed by atoms with Gasteiger partial charge in [0.2, 0.25) is 0 Å². The summed E-state index contributed by atoms with van der Waals surface area (Å²) in [5.74, 6) is 0. The molecule has 160 valence electrons. The Kier molecular flexibility index (Phi) is 4.67. The van der Waals surface area contributed by atoms with Crippen molar-refractivity contribution in [1.82, 2.24) is 0 Å². The summed E-state index contributed by atoms with van der Waals surface area (Å²) in [6.45, 7) is 14.0. The maximum Gasteiger partial charge on any atom is -0.00958 e. The SMILES string of the molecule is CC(C)(C)c1cc2c(cc1C(C)(C)C)-c1ccccc1-c1ccccc1-c1ccccc1-2. The van der Waals surface area contributed by atoms with Crippen molar-refractivity contribution in [3.8, 4) is 44.5 Å². The van der Waals surface area contributed by atoms with Crippen LogP contribution in [0.3, 0.4) is 0 Å². The maximum absolute atomic E-state index is 2.49. The van der Waals surface area contributed by atoms with Crippen LogP contribution in [0, 0.1) is 0 Å². The average molecular weight is 417 g/mol. The van der Waals surface area contributed by atoms with Crippen molar-refractivity contribution >= 4 is 0 Å². The van der Waals surface area contributed by atoms with Gasteiger partial charge in [-0.2, -0.15) is 0 Å². The second kappa shape index (κ2) is 7.20. The highest BCUT2D eigenvalue weighted by molar-refractivity contribution is 6.03. The highest BCUT2D eigenvalue weighted by atomic mass is 14.3. The third-order valence-corrected chi connectivity index (χ3v) is 6.72. The van der Waals surface area contributed by atoms with Crippen molar-refractivity contribution in [2.45, 2.75) is 52.4 Å². The van der Waals surface area contributed by atoms with Gasteiger partial charge in [-0.1, -0.05) is 114 Å². The molecule has 0 nitrogen and oxygen atoms in total. The van der Waals surface area contributed by atoms with Gasteiger partial charge < -0.3 is 0 Å². The fraction of sp³-hybridized carbons (Fsp3) is 0.250. The molecule has 0 fully saturated rings. The van der Waals surface area contributed by atoms with E-state index in [2.05, 4.69) is 126 Å². The Hall–Kier alpha value is -3.12. The van der Waals surface area contributed by atoms with Gasteiger partial charge in [-0.15, -0.1) is 0 Å². The summed E-state index contributed by atoms with van der Waals surface area (Å²) < 4.78 is 0. The highest BCUT2D eigenvalue weighted by Crippen LogP contribution is 2.50. The number of benzene rings is 4. The average Bonchev–Trinajstić information content (AvgIpc) is 2.76. The topological polar surface area (TPSA) is 0 Å². The Morgan fingerprint density at radius 1 is 0.344 bits per heavy atom. The van der Waals surface area contributed by atoms with Gasteiger partial charge in [-0.3, -0.25) is 0 Å². The van der Waals surface area contributed by atoms with Crippen molar-refractivity contribution in [2.75, 3.05) is 0 Å². The highest BCUT2D eigenvalue weighted by Gasteiger charge is 2.29. The molecule has 0 heteroatoms. The predicted molar refractivity (Wildman–Crippen MR) is 139 cm³/mol. The zero-order chi connectivity index (χ0) is 22.7. The fourth-order valence-corrected chi connectivity index (χ4v) is 5.14. The van der Waals surface area contributed by atoms with Crippen molar-refractivity contribution < 1.29 is 0 Å². The van der Waals surface area contributed by atoms with E-state index in [0.29, 0.717) is 0 Å². The van der Waals surface area contributed by atoms with Crippen molar-refractivity contribution in [2.24, 2.45) is 0 Å². The van der Waals surface area contributed by atoms with Crippen LogP contribution in [0.4, 0.5) is 0 Å². The Morgan fingerprint density at radius 3 is 0.781 bits per heavy atom. The molecule has 0 bridgehead atoms. The lowest BCUT2D eigenvalue weighted by Crippen LogP contribution is -2.22. The van der Waals surface area contributed by atoms with E-state index in [1.165, 1.54) is 55.6 Å². The van der Waals surface area contributed by atoms with Crippen LogP contribution in [-0.2, 0) is 10.8 Å². The summed E-state index contributed by atoms with van der Waals surface area (Å²) in [5.41, 5.74) is 13.5. The van der Waals surface area contributed by atoms with Gasteiger partial charge in [0.05, 0.1) is 0 Å². The minimum Gasteiger partial charge on any atom is -0.0616 e. The molecule has 0 saturated carbocycles. The Morgan fingerprint density at radius 2 is 0.562 bits per heavy atom. The zero-order valence-corrected chi connectivity index (χ0v) is 20.1. The van der Waals surface area contributed by atoms with Gasteiger partial charge in [0.25, 0.3) is 0 Å². The Bertz CT molecular complexity index is 1220. The molecule has 0 unspecified atom stereocenters. The van der Waals surface area contributed by atoms with Gasteiger partial charge in [0.1, 0.15) is 0 Å². The molecule has 4 aromatic carbocycles. The van der Waals surface area contributed by atoms with E-state index in [9.17, 15) is 0 Å². The van der Waals surface area contributed by atoms with Crippen LogP contribution in [0.2, 0.25) is 0 Å².